The van der Waals surface area contributed by atoms with Crippen LogP contribution in [0.25, 0.3) is 0 Å². The molecule has 0 bridgehead atoms. The van der Waals surface area contributed by atoms with Crippen LogP contribution in [0.1, 0.15) is 32.4 Å². The van der Waals surface area contributed by atoms with Gasteiger partial charge in [-0.3, -0.25) is 0 Å². The first kappa shape index (κ1) is 14.6. The Morgan fingerprint density at radius 2 is 2.16 bits per heavy atom. The van der Waals surface area contributed by atoms with Crippen LogP contribution in [0, 0.1) is 5.92 Å². The third-order valence-electron chi connectivity index (χ3n) is 3.92. The third kappa shape index (κ3) is 2.57. The van der Waals surface area contributed by atoms with Gasteiger partial charge in [-0.25, -0.2) is 8.42 Å². The van der Waals surface area contributed by atoms with Crippen LogP contribution in [-0.2, 0) is 23.6 Å². The lowest BCUT2D eigenvalue weighted by molar-refractivity contribution is 0.316. The average molecular weight is 285 g/mol. The molecule has 1 aliphatic heterocycles. The Bertz CT molecular complexity index is 548. The number of nitrogens with two attached hydrogens (primary N) is 1. The molecule has 1 fully saturated rings. The van der Waals surface area contributed by atoms with E-state index >= 15 is 0 Å². The summed E-state index contributed by atoms with van der Waals surface area (Å²) in [6.07, 6.45) is 3.55. The van der Waals surface area contributed by atoms with Crippen LogP contribution in [0.4, 0.5) is 0 Å². The summed E-state index contributed by atoms with van der Waals surface area (Å²) in [6.45, 7) is 5.13. The first-order chi connectivity index (χ1) is 8.87. The second kappa shape index (κ2) is 5.26. The minimum Gasteiger partial charge on any atom is -0.352 e. The minimum absolute atomic E-state index is 0.117. The molecular weight excluding hydrogens is 262 g/mol. The lowest BCUT2D eigenvalue weighted by Crippen LogP contribution is -2.38. The molecule has 0 saturated carbocycles. The fraction of sp³-hybridized carbons (Fsp3) is 0.692. The molecule has 1 unspecified atom stereocenters. The molecule has 1 saturated heterocycles. The predicted molar refractivity (Wildman–Crippen MR) is 75.1 cm³/mol. The molecule has 2 heterocycles. The highest BCUT2D eigenvalue weighted by atomic mass is 32.2. The summed E-state index contributed by atoms with van der Waals surface area (Å²) >= 11 is 0. The van der Waals surface area contributed by atoms with Gasteiger partial charge in [0.25, 0.3) is 0 Å². The van der Waals surface area contributed by atoms with Gasteiger partial charge in [0.2, 0.25) is 10.0 Å². The van der Waals surface area contributed by atoms with Gasteiger partial charge in [-0.2, -0.15) is 4.31 Å². The molecule has 5 nitrogen and oxygen atoms in total. The molecule has 108 valence electrons. The third-order valence-corrected chi connectivity index (χ3v) is 5.81. The molecule has 0 aliphatic carbocycles. The van der Waals surface area contributed by atoms with Gasteiger partial charge < -0.3 is 10.3 Å². The number of nitrogens with zero attached hydrogens (tertiary/aromatic N) is 2. The van der Waals surface area contributed by atoms with Crippen molar-refractivity contribution in [2.75, 3.05) is 6.54 Å². The number of sulfonamides is 1. The van der Waals surface area contributed by atoms with Crippen molar-refractivity contribution in [2.24, 2.45) is 18.7 Å². The Morgan fingerprint density at radius 1 is 1.47 bits per heavy atom. The smallest absolute Gasteiger partial charge is 0.244 e. The molecule has 0 amide bonds. The van der Waals surface area contributed by atoms with Gasteiger partial charge in [0.05, 0.1) is 0 Å². The fourth-order valence-electron chi connectivity index (χ4n) is 2.79. The van der Waals surface area contributed by atoms with Crippen LogP contribution >= 0.6 is 0 Å². The van der Waals surface area contributed by atoms with E-state index in [-0.39, 0.29) is 6.04 Å². The first-order valence-corrected chi connectivity index (χ1v) is 8.19. The van der Waals surface area contributed by atoms with E-state index < -0.39 is 10.0 Å². The van der Waals surface area contributed by atoms with E-state index in [2.05, 4.69) is 13.8 Å². The van der Waals surface area contributed by atoms with Gasteiger partial charge in [-0.1, -0.05) is 13.8 Å². The topological polar surface area (TPSA) is 68.3 Å². The second-order valence-electron chi connectivity index (χ2n) is 5.55. The van der Waals surface area contributed by atoms with E-state index in [1.807, 2.05) is 7.05 Å². The largest absolute Gasteiger partial charge is 0.352 e. The van der Waals surface area contributed by atoms with Crippen LogP contribution in [0.5, 0.6) is 0 Å². The second-order valence-corrected chi connectivity index (χ2v) is 7.44. The fourth-order valence-corrected chi connectivity index (χ4v) is 4.71. The number of aryl methyl sites for hydroxylation is 1. The maximum Gasteiger partial charge on any atom is 0.244 e. The zero-order chi connectivity index (χ0) is 14.2. The lowest BCUT2D eigenvalue weighted by atomic mass is 10.0. The normalized spacial score (nSPS) is 21.4. The Balaban J connectivity index is 2.36. The quantitative estimate of drug-likeness (QED) is 0.906. The highest BCUT2D eigenvalue weighted by Crippen LogP contribution is 2.30. The van der Waals surface area contributed by atoms with Crippen molar-refractivity contribution >= 4 is 10.0 Å². The lowest BCUT2D eigenvalue weighted by Gasteiger charge is -2.26. The van der Waals surface area contributed by atoms with Crippen molar-refractivity contribution in [2.45, 2.75) is 44.2 Å². The SMILES string of the molecule is CC(C)C1CCCN1S(=O)(=O)c1cc(CN)n(C)c1. The van der Waals surface area contributed by atoms with Crippen molar-refractivity contribution in [3.05, 3.63) is 18.0 Å². The van der Waals surface area contributed by atoms with E-state index in [0.717, 1.165) is 18.5 Å². The van der Waals surface area contributed by atoms with Gasteiger partial charge >= 0.3 is 0 Å². The Morgan fingerprint density at radius 3 is 2.68 bits per heavy atom. The zero-order valence-electron chi connectivity index (χ0n) is 11.8. The minimum atomic E-state index is -3.39. The Kier molecular flexibility index (Phi) is 4.03. The van der Waals surface area contributed by atoms with Gasteiger partial charge in [-0.15, -0.1) is 0 Å². The van der Waals surface area contributed by atoms with E-state index in [0.29, 0.717) is 23.9 Å². The summed E-state index contributed by atoms with van der Waals surface area (Å²) < 4.78 is 28.9. The first-order valence-electron chi connectivity index (χ1n) is 6.75. The van der Waals surface area contributed by atoms with Crippen LogP contribution in [0.3, 0.4) is 0 Å². The van der Waals surface area contributed by atoms with E-state index in [4.69, 9.17) is 5.73 Å². The number of rotatable bonds is 4. The maximum atomic E-state index is 12.7. The van der Waals surface area contributed by atoms with Crippen LogP contribution in [-0.4, -0.2) is 29.9 Å². The standard InChI is InChI=1S/C13H23N3O2S/c1-10(2)13-5-4-6-16(13)19(17,18)12-7-11(8-14)15(3)9-12/h7,9-10,13H,4-6,8,14H2,1-3H3. The Labute approximate surface area is 115 Å². The summed E-state index contributed by atoms with van der Waals surface area (Å²) in [7, 11) is -1.56. The molecular formula is C13H23N3O2S. The summed E-state index contributed by atoms with van der Waals surface area (Å²) in [5.74, 6) is 0.343. The van der Waals surface area contributed by atoms with Gasteiger partial charge in [0.15, 0.2) is 0 Å². The predicted octanol–water partition coefficient (Wildman–Crippen LogP) is 1.29. The van der Waals surface area contributed by atoms with Crippen LogP contribution in [0.15, 0.2) is 17.2 Å². The van der Waals surface area contributed by atoms with Gasteiger partial charge in [0, 0.05) is 38.1 Å². The number of hydrogen-bond acceptors (Lipinski definition) is 3. The van der Waals surface area contributed by atoms with Crippen molar-refractivity contribution < 1.29 is 8.42 Å². The monoisotopic (exact) mass is 285 g/mol. The maximum absolute atomic E-state index is 12.7. The molecule has 6 heteroatoms. The average Bonchev–Trinajstić information content (AvgIpc) is 2.94. The van der Waals surface area contributed by atoms with Crippen molar-refractivity contribution in [1.82, 2.24) is 8.87 Å². The van der Waals surface area contributed by atoms with E-state index in [9.17, 15) is 8.42 Å². The van der Waals surface area contributed by atoms with Crippen LogP contribution in [0.2, 0.25) is 0 Å². The van der Waals surface area contributed by atoms with Gasteiger partial charge in [0.1, 0.15) is 4.90 Å². The highest BCUT2D eigenvalue weighted by Gasteiger charge is 2.37. The van der Waals surface area contributed by atoms with Crippen molar-refractivity contribution in [3.8, 4) is 0 Å². The molecule has 1 atom stereocenters. The molecule has 2 N–H and O–H groups in total. The van der Waals surface area contributed by atoms with E-state index in [1.165, 1.54) is 0 Å². The van der Waals surface area contributed by atoms with Crippen molar-refractivity contribution in [3.63, 3.8) is 0 Å². The molecule has 1 aromatic rings. The number of hydrogen-bond donors (Lipinski definition) is 1. The van der Waals surface area contributed by atoms with Crippen LogP contribution < -0.4 is 5.73 Å². The summed E-state index contributed by atoms with van der Waals surface area (Å²) in [6, 6.07) is 1.80. The van der Waals surface area contributed by atoms with E-state index in [1.54, 1.807) is 21.1 Å². The molecule has 0 radical (unpaired) electrons. The summed E-state index contributed by atoms with van der Waals surface area (Å²) in [4.78, 5) is 0.364. The molecule has 19 heavy (non-hydrogen) atoms. The zero-order valence-corrected chi connectivity index (χ0v) is 12.7. The number of aromatic nitrogens is 1. The Hall–Kier alpha value is -0.850. The molecule has 0 aromatic carbocycles. The highest BCUT2D eigenvalue weighted by molar-refractivity contribution is 7.89. The summed E-state index contributed by atoms with van der Waals surface area (Å²) in [5, 5.41) is 0. The molecule has 0 spiro atoms. The molecule has 1 aromatic heterocycles. The summed E-state index contributed by atoms with van der Waals surface area (Å²) in [5.41, 5.74) is 6.44. The van der Waals surface area contributed by atoms with Crippen molar-refractivity contribution in [1.29, 1.82) is 0 Å². The molecule has 2 rings (SSSR count). The van der Waals surface area contributed by atoms with Gasteiger partial charge in [-0.05, 0) is 24.8 Å². The molecule has 1 aliphatic rings.